The molecule has 2 saturated heterocycles. The minimum absolute atomic E-state index is 0.123. The highest BCUT2D eigenvalue weighted by atomic mass is 16.2. The standard InChI is InChI=1S/C10H19N3O/c1-11-6-4-10(5-7-11)8-12(2)9(14)13(10)3/h4-8H2,1-3H3. The molecule has 0 saturated carbocycles. The molecule has 2 heterocycles. The van der Waals surface area contributed by atoms with Gasteiger partial charge in [-0.25, -0.2) is 4.79 Å². The molecule has 2 aliphatic heterocycles. The molecule has 0 N–H and O–H groups in total. The first-order valence-corrected chi connectivity index (χ1v) is 5.23. The average Bonchev–Trinajstić information content (AvgIpc) is 2.37. The zero-order chi connectivity index (χ0) is 10.3. The molecular weight excluding hydrogens is 178 g/mol. The van der Waals surface area contributed by atoms with Crippen LogP contribution >= 0.6 is 0 Å². The largest absolute Gasteiger partial charge is 0.325 e. The van der Waals surface area contributed by atoms with Gasteiger partial charge in [0.25, 0.3) is 0 Å². The van der Waals surface area contributed by atoms with Crippen molar-refractivity contribution in [1.29, 1.82) is 0 Å². The number of nitrogens with zero attached hydrogens (tertiary/aromatic N) is 3. The lowest BCUT2D eigenvalue weighted by atomic mass is 9.87. The van der Waals surface area contributed by atoms with Crippen LogP contribution in [0, 0.1) is 0 Å². The number of amides is 2. The number of piperidine rings is 1. The number of hydrogen-bond donors (Lipinski definition) is 0. The Morgan fingerprint density at radius 3 is 2.14 bits per heavy atom. The molecular formula is C10H19N3O. The van der Waals surface area contributed by atoms with E-state index in [9.17, 15) is 4.79 Å². The van der Waals surface area contributed by atoms with Crippen LogP contribution in [-0.4, -0.2) is 67.0 Å². The predicted octanol–water partition coefficient (Wildman–Crippen LogP) is 0.448. The van der Waals surface area contributed by atoms with Crippen LogP contribution < -0.4 is 0 Å². The van der Waals surface area contributed by atoms with E-state index in [1.807, 2.05) is 23.9 Å². The van der Waals surface area contributed by atoms with Crippen molar-refractivity contribution in [3.8, 4) is 0 Å². The zero-order valence-electron chi connectivity index (χ0n) is 9.29. The molecule has 2 amide bonds. The van der Waals surface area contributed by atoms with Gasteiger partial charge in [0.05, 0.1) is 5.54 Å². The maximum absolute atomic E-state index is 11.7. The van der Waals surface area contributed by atoms with E-state index in [-0.39, 0.29) is 11.6 Å². The fraction of sp³-hybridized carbons (Fsp3) is 0.900. The molecule has 1 spiro atoms. The second-order valence-electron chi connectivity index (χ2n) is 4.73. The van der Waals surface area contributed by atoms with E-state index in [0.717, 1.165) is 32.5 Å². The van der Waals surface area contributed by atoms with Crippen molar-refractivity contribution in [2.24, 2.45) is 0 Å². The molecule has 4 heteroatoms. The van der Waals surface area contributed by atoms with Crippen molar-refractivity contribution in [2.45, 2.75) is 18.4 Å². The van der Waals surface area contributed by atoms with Gasteiger partial charge in [0.1, 0.15) is 0 Å². The van der Waals surface area contributed by atoms with Gasteiger partial charge in [-0.15, -0.1) is 0 Å². The lowest BCUT2D eigenvalue weighted by molar-refractivity contribution is 0.103. The van der Waals surface area contributed by atoms with Crippen LogP contribution in [0.15, 0.2) is 0 Å². The van der Waals surface area contributed by atoms with Gasteiger partial charge in [-0.1, -0.05) is 0 Å². The van der Waals surface area contributed by atoms with E-state index in [4.69, 9.17) is 0 Å². The third-order valence-electron chi connectivity index (χ3n) is 3.77. The highest BCUT2D eigenvalue weighted by Gasteiger charge is 2.47. The van der Waals surface area contributed by atoms with Crippen molar-refractivity contribution in [3.05, 3.63) is 0 Å². The van der Waals surface area contributed by atoms with Gasteiger partial charge in [0.15, 0.2) is 0 Å². The Labute approximate surface area is 85.5 Å². The Bertz CT molecular complexity index is 246. The maximum atomic E-state index is 11.7. The maximum Gasteiger partial charge on any atom is 0.320 e. The summed E-state index contributed by atoms with van der Waals surface area (Å²) in [5, 5.41) is 0. The summed E-state index contributed by atoms with van der Waals surface area (Å²) in [4.78, 5) is 17.8. The minimum Gasteiger partial charge on any atom is -0.325 e. The fourth-order valence-corrected chi connectivity index (χ4v) is 2.60. The lowest BCUT2D eigenvalue weighted by Gasteiger charge is -2.41. The van der Waals surface area contributed by atoms with Crippen LogP contribution in [0.4, 0.5) is 4.79 Å². The minimum atomic E-state index is 0.123. The topological polar surface area (TPSA) is 26.8 Å². The SMILES string of the molecule is CN1CCC2(CC1)CN(C)C(=O)N2C. The number of carbonyl (C=O) groups is 1. The summed E-state index contributed by atoms with van der Waals surface area (Å²) in [5.74, 6) is 0. The van der Waals surface area contributed by atoms with E-state index in [1.165, 1.54) is 0 Å². The Hall–Kier alpha value is -0.770. The molecule has 0 aromatic heterocycles. The van der Waals surface area contributed by atoms with Crippen LogP contribution in [0.25, 0.3) is 0 Å². The van der Waals surface area contributed by atoms with Crippen LogP contribution in [0.5, 0.6) is 0 Å². The van der Waals surface area contributed by atoms with E-state index < -0.39 is 0 Å². The van der Waals surface area contributed by atoms with Gasteiger partial charge >= 0.3 is 6.03 Å². The van der Waals surface area contributed by atoms with Crippen molar-refractivity contribution < 1.29 is 4.79 Å². The lowest BCUT2D eigenvalue weighted by Crippen LogP contribution is -2.52. The monoisotopic (exact) mass is 197 g/mol. The number of urea groups is 1. The van der Waals surface area contributed by atoms with E-state index in [1.54, 1.807) is 0 Å². The van der Waals surface area contributed by atoms with Crippen molar-refractivity contribution in [1.82, 2.24) is 14.7 Å². The molecule has 2 rings (SSSR count). The first-order valence-electron chi connectivity index (χ1n) is 5.23. The van der Waals surface area contributed by atoms with Gasteiger partial charge in [-0.2, -0.15) is 0 Å². The Balaban J connectivity index is 2.14. The molecule has 4 nitrogen and oxygen atoms in total. The highest BCUT2D eigenvalue weighted by molar-refractivity contribution is 5.77. The summed E-state index contributed by atoms with van der Waals surface area (Å²) in [7, 11) is 5.98. The summed E-state index contributed by atoms with van der Waals surface area (Å²) in [6.45, 7) is 3.10. The van der Waals surface area contributed by atoms with Gasteiger partial charge in [0, 0.05) is 33.7 Å². The van der Waals surface area contributed by atoms with E-state index >= 15 is 0 Å². The summed E-state index contributed by atoms with van der Waals surface area (Å²) >= 11 is 0. The average molecular weight is 197 g/mol. The molecule has 0 aromatic carbocycles. The Morgan fingerprint density at radius 2 is 1.71 bits per heavy atom. The molecule has 0 bridgehead atoms. The van der Waals surface area contributed by atoms with Gasteiger partial charge < -0.3 is 14.7 Å². The quantitative estimate of drug-likeness (QED) is 0.563. The summed E-state index contributed by atoms with van der Waals surface area (Å²) < 4.78 is 0. The van der Waals surface area contributed by atoms with Crippen molar-refractivity contribution in [2.75, 3.05) is 40.8 Å². The first-order chi connectivity index (χ1) is 6.55. The Kier molecular flexibility index (Phi) is 2.18. The van der Waals surface area contributed by atoms with Crippen LogP contribution in [0.1, 0.15) is 12.8 Å². The summed E-state index contributed by atoms with van der Waals surface area (Å²) in [6.07, 6.45) is 2.21. The number of rotatable bonds is 0. The van der Waals surface area contributed by atoms with Crippen LogP contribution in [-0.2, 0) is 0 Å². The van der Waals surface area contributed by atoms with Gasteiger partial charge in [-0.3, -0.25) is 0 Å². The molecule has 2 aliphatic rings. The smallest absolute Gasteiger partial charge is 0.320 e. The zero-order valence-corrected chi connectivity index (χ0v) is 9.29. The second kappa shape index (κ2) is 3.12. The Morgan fingerprint density at radius 1 is 1.14 bits per heavy atom. The van der Waals surface area contributed by atoms with Crippen molar-refractivity contribution >= 4 is 6.03 Å². The highest BCUT2D eigenvalue weighted by Crippen LogP contribution is 2.33. The third kappa shape index (κ3) is 1.29. The normalized spacial score (nSPS) is 27.8. The van der Waals surface area contributed by atoms with E-state index in [2.05, 4.69) is 11.9 Å². The molecule has 2 fully saturated rings. The molecule has 14 heavy (non-hydrogen) atoms. The summed E-state index contributed by atoms with van der Waals surface area (Å²) in [5.41, 5.74) is 0.123. The number of carbonyl (C=O) groups excluding carboxylic acids is 1. The van der Waals surface area contributed by atoms with Crippen LogP contribution in [0.2, 0.25) is 0 Å². The number of likely N-dealkylation sites (N-methyl/N-ethyl adjacent to an activating group) is 2. The van der Waals surface area contributed by atoms with Gasteiger partial charge in [0.2, 0.25) is 0 Å². The predicted molar refractivity (Wildman–Crippen MR) is 55.3 cm³/mol. The number of hydrogen-bond acceptors (Lipinski definition) is 2. The van der Waals surface area contributed by atoms with E-state index in [0.29, 0.717) is 0 Å². The third-order valence-corrected chi connectivity index (χ3v) is 3.77. The molecule has 80 valence electrons. The molecule has 0 aromatic rings. The molecule has 0 atom stereocenters. The first kappa shape index (κ1) is 9.77. The van der Waals surface area contributed by atoms with Crippen LogP contribution in [0.3, 0.4) is 0 Å². The molecule has 0 aliphatic carbocycles. The fourth-order valence-electron chi connectivity index (χ4n) is 2.60. The summed E-state index contributed by atoms with van der Waals surface area (Å²) in [6, 6.07) is 0.176. The second-order valence-corrected chi connectivity index (χ2v) is 4.73. The molecule has 0 unspecified atom stereocenters. The molecule has 0 radical (unpaired) electrons. The van der Waals surface area contributed by atoms with Gasteiger partial charge in [-0.05, 0) is 19.9 Å². The number of likely N-dealkylation sites (tertiary alicyclic amines) is 1. The van der Waals surface area contributed by atoms with Crippen molar-refractivity contribution in [3.63, 3.8) is 0 Å².